The molecular formula is C15H22N2O2. The van der Waals surface area contributed by atoms with Crippen LogP contribution < -0.4 is 10.6 Å². The Morgan fingerprint density at radius 1 is 1.47 bits per heavy atom. The predicted octanol–water partition coefficient (Wildman–Crippen LogP) is 2.34. The van der Waals surface area contributed by atoms with Crippen LogP contribution in [0.25, 0.3) is 0 Å². The highest BCUT2D eigenvalue weighted by Gasteiger charge is 2.16. The van der Waals surface area contributed by atoms with E-state index in [0.29, 0.717) is 12.1 Å². The van der Waals surface area contributed by atoms with Crippen LogP contribution >= 0.6 is 0 Å². The first-order valence-corrected chi connectivity index (χ1v) is 6.95. The van der Waals surface area contributed by atoms with Crippen molar-refractivity contribution in [2.24, 2.45) is 0 Å². The van der Waals surface area contributed by atoms with E-state index in [4.69, 9.17) is 4.74 Å². The van der Waals surface area contributed by atoms with Gasteiger partial charge in [0, 0.05) is 30.9 Å². The minimum Gasteiger partial charge on any atom is -0.385 e. The van der Waals surface area contributed by atoms with Gasteiger partial charge in [-0.25, -0.2) is 0 Å². The summed E-state index contributed by atoms with van der Waals surface area (Å²) in [6.07, 6.45) is 2.32. The summed E-state index contributed by atoms with van der Waals surface area (Å²) in [4.78, 5) is 12.0. The van der Waals surface area contributed by atoms with Crippen LogP contribution in [0.4, 0.5) is 5.69 Å². The number of nitrogens with one attached hydrogen (secondary N) is 2. The molecule has 4 heteroatoms. The van der Waals surface area contributed by atoms with Gasteiger partial charge in [-0.3, -0.25) is 4.79 Å². The van der Waals surface area contributed by atoms with Crippen molar-refractivity contribution in [3.63, 3.8) is 0 Å². The van der Waals surface area contributed by atoms with Crippen molar-refractivity contribution in [2.75, 3.05) is 25.0 Å². The summed E-state index contributed by atoms with van der Waals surface area (Å²) in [5, 5.41) is 6.20. The molecule has 0 aliphatic carbocycles. The van der Waals surface area contributed by atoms with E-state index in [1.165, 1.54) is 0 Å². The zero-order valence-electron chi connectivity index (χ0n) is 11.7. The van der Waals surface area contributed by atoms with Gasteiger partial charge in [0.2, 0.25) is 0 Å². The molecule has 1 atom stereocenters. The fourth-order valence-electron chi connectivity index (χ4n) is 2.31. The number of carbonyl (C=O) groups excluding carboxylic acids is 1. The Bertz CT molecular complexity index is 440. The van der Waals surface area contributed by atoms with Gasteiger partial charge in [-0.1, -0.05) is 0 Å². The summed E-state index contributed by atoms with van der Waals surface area (Å²) in [5.74, 6) is -0.0263. The van der Waals surface area contributed by atoms with Crippen molar-refractivity contribution < 1.29 is 9.53 Å². The van der Waals surface area contributed by atoms with Gasteiger partial charge in [0.05, 0.1) is 6.10 Å². The molecule has 104 valence electrons. The predicted molar refractivity (Wildman–Crippen MR) is 76.6 cm³/mol. The molecule has 2 rings (SSSR count). The van der Waals surface area contributed by atoms with Crippen molar-refractivity contribution in [2.45, 2.75) is 32.8 Å². The number of ether oxygens (including phenoxy) is 1. The summed E-state index contributed by atoms with van der Waals surface area (Å²) in [6.45, 7) is 6.37. The summed E-state index contributed by atoms with van der Waals surface area (Å²) in [7, 11) is 0. The average Bonchev–Trinajstić information content (AvgIpc) is 2.91. The lowest BCUT2D eigenvalue weighted by Crippen LogP contribution is -2.31. The van der Waals surface area contributed by atoms with Gasteiger partial charge in [0.15, 0.2) is 0 Å². The Balaban J connectivity index is 1.92. The molecule has 1 fully saturated rings. The third-order valence-electron chi connectivity index (χ3n) is 3.37. The van der Waals surface area contributed by atoms with Crippen LogP contribution in [0.1, 0.15) is 35.7 Å². The number of benzene rings is 1. The fourth-order valence-corrected chi connectivity index (χ4v) is 2.31. The van der Waals surface area contributed by atoms with Crippen LogP contribution in [-0.2, 0) is 4.74 Å². The number of carbonyl (C=O) groups is 1. The normalized spacial score (nSPS) is 18.3. The van der Waals surface area contributed by atoms with E-state index in [1.807, 2.05) is 25.1 Å². The summed E-state index contributed by atoms with van der Waals surface area (Å²) in [6, 6.07) is 5.73. The lowest BCUT2D eigenvalue weighted by Gasteiger charge is -2.12. The molecule has 1 amide bonds. The van der Waals surface area contributed by atoms with Crippen LogP contribution in [0.3, 0.4) is 0 Å². The van der Waals surface area contributed by atoms with E-state index >= 15 is 0 Å². The SMILES string of the molecule is CCNc1ccc(C(=O)NCC2CCCO2)cc1C. The minimum absolute atomic E-state index is 0.0263. The van der Waals surface area contributed by atoms with E-state index < -0.39 is 0 Å². The van der Waals surface area contributed by atoms with Crippen molar-refractivity contribution in [1.29, 1.82) is 0 Å². The second-order valence-corrected chi connectivity index (χ2v) is 4.91. The highest BCUT2D eigenvalue weighted by molar-refractivity contribution is 5.94. The molecule has 0 aromatic heterocycles. The Kier molecular flexibility index (Phi) is 4.80. The topological polar surface area (TPSA) is 50.4 Å². The molecule has 0 radical (unpaired) electrons. The minimum atomic E-state index is -0.0263. The summed E-state index contributed by atoms with van der Waals surface area (Å²) < 4.78 is 5.49. The Hall–Kier alpha value is -1.55. The third-order valence-corrected chi connectivity index (χ3v) is 3.37. The Morgan fingerprint density at radius 3 is 2.95 bits per heavy atom. The summed E-state index contributed by atoms with van der Waals surface area (Å²) in [5.41, 5.74) is 2.88. The zero-order valence-corrected chi connectivity index (χ0v) is 11.7. The number of aryl methyl sites for hydroxylation is 1. The fraction of sp³-hybridized carbons (Fsp3) is 0.533. The van der Waals surface area contributed by atoms with Gasteiger partial charge in [-0.15, -0.1) is 0 Å². The Labute approximate surface area is 114 Å². The largest absolute Gasteiger partial charge is 0.385 e. The second kappa shape index (κ2) is 6.57. The highest BCUT2D eigenvalue weighted by atomic mass is 16.5. The summed E-state index contributed by atoms with van der Waals surface area (Å²) >= 11 is 0. The van der Waals surface area contributed by atoms with Crippen LogP contribution in [0.5, 0.6) is 0 Å². The quantitative estimate of drug-likeness (QED) is 0.856. The van der Waals surface area contributed by atoms with Crippen molar-refractivity contribution in [3.05, 3.63) is 29.3 Å². The lowest BCUT2D eigenvalue weighted by molar-refractivity contribution is 0.0857. The van der Waals surface area contributed by atoms with Gasteiger partial charge in [-0.05, 0) is 50.5 Å². The van der Waals surface area contributed by atoms with E-state index in [0.717, 1.165) is 37.2 Å². The molecule has 1 unspecified atom stereocenters. The zero-order chi connectivity index (χ0) is 13.7. The molecule has 1 aliphatic rings. The molecule has 19 heavy (non-hydrogen) atoms. The molecule has 0 saturated carbocycles. The number of hydrogen-bond donors (Lipinski definition) is 2. The molecule has 1 aliphatic heterocycles. The average molecular weight is 262 g/mol. The van der Waals surface area contributed by atoms with Crippen molar-refractivity contribution in [1.82, 2.24) is 5.32 Å². The second-order valence-electron chi connectivity index (χ2n) is 4.91. The standard InChI is InChI=1S/C15H22N2O2/c1-3-16-14-7-6-12(9-11(14)2)15(18)17-10-13-5-4-8-19-13/h6-7,9,13,16H,3-5,8,10H2,1-2H3,(H,17,18). The highest BCUT2D eigenvalue weighted by Crippen LogP contribution is 2.16. The molecule has 0 spiro atoms. The molecule has 0 bridgehead atoms. The van der Waals surface area contributed by atoms with E-state index in [1.54, 1.807) is 0 Å². The van der Waals surface area contributed by atoms with E-state index in [2.05, 4.69) is 17.6 Å². The van der Waals surface area contributed by atoms with Gasteiger partial charge in [0.1, 0.15) is 0 Å². The van der Waals surface area contributed by atoms with E-state index in [-0.39, 0.29) is 12.0 Å². The first-order valence-electron chi connectivity index (χ1n) is 6.95. The molecule has 1 saturated heterocycles. The number of amides is 1. The van der Waals surface area contributed by atoms with Gasteiger partial charge in [0.25, 0.3) is 5.91 Å². The Morgan fingerprint density at radius 2 is 2.32 bits per heavy atom. The maximum Gasteiger partial charge on any atom is 0.251 e. The van der Waals surface area contributed by atoms with E-state index in [9.17, 15) is 4.79 Å². The van der Waals surface area contributed by atoms with Crippen LogP contribution in [-0.4, -0.2) is 31.7 Å². The molecule has 1 aromatic carbocycles. The first-order chi connectivity index (χ1) is 9.20. The molecule has 1 aromatic rings. The number of anilines is 1. The smallest absolute Gasteiger partial charge is 0.251 e. The number of rotatable bonds is 5. The first kappa shape index (κ1) is 13.9. The van der Waals surface area contributed by atoms with Crippen molar-refractivity contribution in [3.8, 4) is 0 Å². The molecule has 2 N–H and O–H groups in total. The molecule has 4 nitrogen and oxygen atoms in total. The van der Waals surface area contributed by atoms with Crippen molar-refractivity contribution >= 4 is 11.6 Å². The number of hydrogen-bond acceptors (Lipinski definition) is 3. The molecule has 1 heterocycles. The monoisotopic (exact) mass is 262 g/mol. The van der Waals surface area contributed by atoms with Gasteiger partial charge in [-0.2, -0.15) is 0 Å². The molecular weight excluding hydrogens is 240 g/mol. The van der Waals surface area contributed by atoms with Gasteiger partial charge < -0.3 is 15.4 Å². The third kappa shape index (κ3) is 3.70. The maximum atomic E-state index is 12.0. The van der Waals surface area contributed by atoms with Crippen LogP contribution in [0.15, 0.2) is 18.2 Å². The lowest BCUT2D eigenvalue weighted by atomic mass is 10.1. The van der Waals surface area contributed by atoms with Crippen LogP contribution in [0, 0.1) is 6.92 Å². The maximum absolute atomic E-state index is 12.0. The van der Waals surface area contributed by atoms with Crippen LogP contribution in [0.2, 0.25) is 0 Å². The van der Waals surface area contributed by atoms with Gasteiger partial charge >= 0.3 is 0 Å².